The molecular formula is C20H26N4O4S3. The zero-order valence-electron chi connectivity index (χ0n) is 17.9. The van der Waals surface area contributed by atoms with Gasteiger partial charge in [-0.2, -0.15) is 4.31 Å². The quantitative estimate of drug-likeness (QED) is 0.580. The molecular weight excluding hydrogens is 456 g/mol. The molecule has 168 valence electrons. The summed E-state index contributed by atoms with van der Waals surface area (Å²) in [6, 6.07) is 6.24. The van der Waals surface area contributed by atoms with Gasteiger partial charge in [0.25, 0.3) is 0 Å². The first-order chi connectivity index (χ1) is 14.7. The Morgan fingerprint density at radius 3 is 2.48 bits per heavy atom. The Morgan fingerprint density at radius 1 is 1.29 bits per heavy atom. The lowest BCUT2D eigenvalue weighted by molar-refractivity contribution is -0.122. The maximum Gasteiger partial charge on any atom is 0.243 e. The Labute approximate surface area is 191 Å². The highest BCUT2D eigenvalue weighted by molar-refractivity contribution is 8.00. The highest BCUT2D eigenvalue weighted by Gasteiger charge is 2.35. The van der Waals surface area contributed by atoms with Crippen LogP contribution in [0.15, 0.2) is 33.4 Å². The van der Waals surface area contributed by atoms with Gasteiger partial charge in [0.2, 0.25) is 21.8 Å². The molecule has 1 aliphatic rings. The average molecular weight is 483 g/mol. The van der Waals surface area contributed by atoms with E-state index in [2.05, 4.69) is 10.3 Å². The molecule has 2 heterocycles. The van der Waals surface area contributed by atoms with E-state index in [-0.39, 0.29) is 29.7 Å². The number of hydrogen-bond donors (Lipinski definition) is 1. The number of benzene rings is 1. The van der Waals surface area contributed by atoms with E-state index < -0.39 is 15.9 Å². The van der Waals surface area contributed by atoms with Gasteiger partial charge in [0.15, 0.2) is 5.13 Å². The number of amides is 2. The first-order valence-corrected chi connectivity index (χ1v) is 13.4. The van der Waals surface area contributed by atoms with Crippen molar-refractivity contribution < 1.29 is 18.0 Å². The number of carbonyl (C=O) groups excluding carboxylic acids is 2. The van der Waals surface area contributed by atoms with E-state index in [1.54, 1.807) is 37.7 Å². The summed E-state index contributed by atoms with van der Waals surface area (Å²) in [6.07, 6.45) is 2.06. The number of thiazole rings is 1. The Hall–Kier alpha value is -1.95. The molecule has 3 rings (SSSR count). The summed E-state index contributed by atoms with van der Waals surface area (Å²) in [5.41, 5.74) is 1.45. The van der Waals surface area contributed by atoms with Crippen LogP contribution < -0.4 is 10.2 Å². The van der Waals surface area contributed by atoms with Gasteiger partial charge in [-0.25, -0.2) is 13.4 Å². The lowest BCUT2D eigenvalue weighted by Gasteiger charge is -2.20. The SMILES string of the molecule is CCN(CC)S(=O)(=O)c1ccc(N2CC(C(=O)Nc3nc(C)c(SC)s3)CC2=O)cc1. The second kappa shape index (κ2) is 9.68. The van der Waals surface area contributed by atoms with Crippen LogP contribution in [-0.4, -0.2) is 55.4 Å². The molecule has 31 heavy (non-hydrogen) atoms. The normalized spacial score (nSPS) is 16.9. The predicted molar refractivity (Wildman–Crippen MR) is 124 cm³/mol. The maximum absolute atomic E-state index is 12.7. The zero-order chi connectivity index (χ0) is 22.8. The minimum atomic E-state index is -3.56. The predicted octanol–water partition coefficient (Wildman–Crippen LogP) is 3.20. The molecule has 1 N–H and O–H groups in total. The van der Waals surface area contributed by atoms with Gasteiger partial charge < -0.3 is 10.2 Å². The van der Waals surface area contributed by atoms with Crippen molar-refractivity contribution in [3.05, 3.63) is 30.0 Å². The lowest BCUT2D eigenvalue weighted by atomic mass is 10.1. The van der Waals surface area contributed by atoms with Crippen molar-refractivity contribution in [1.82, 2.24) is 9.29 Å². The van der Waals surface area contributed by atoms with Gasteiger partial charge in [-0.15, -0.1) is 11.8 Å². The molecule has 1 aromatic carbocycles. The summed E-state index contributed by atoms with van der Waals surface area (Å²) in [5.74, 6) is -0.897. The van der Waals surface area contributed by atoms with Gasteiger partial charge in [-0.05, 0) is 37.4 Å². The molecule has 2 amide bonds. The average Bonchev–Trinajstić information content (AvgIpc) is 3.30. The van der Waals surface area contributed by atoms with Crippen LogP contribution in [-0.2, 0) is 19.6 Å². The lowest BCUT2D eigenvalue weighted by Crippen LogP contribution is -2.31. The van der Waals surface area contributed by atoms with Crippen molar-refractivity contribution in [3.8, 4) is 0 Å². The van der Waals surface area contributed by atoms with Crippen LogP contribution in [0.1, 0.15) is 26.0 Å². The van der Waals surface area contributed by atoms with Crippen LogP contribution in [0.25, 0.3) is 0 Å². The molecule has 0 saturated carbocycles. The third-order valence-electron chi connectivity index (χ3n) is 5.16. The number of aryl methyl sites for hydroxylation is 1. The van der Waals surface area contributed by atoms with E-state index in [0.717, 1.165) is 9.90 Å². The van der Waals surface area contributed by atoms with Crippen molar-refractivity contribution in [1.29, 1.82) is 0 Å². The van der Waals surface area contributed by atoms with Crippen LogP contribution in [0.2, 0.25) is 0 Å². The smallest absolute Gasteiger partial charge is 0.243 e. The molecule has 0 radical (unpaired) electrons. The van der Waals surface area contributed by atoms with E-state index >= 15 is 0 Å². The zero-order valence-corrected chi connectivity index (χ0v) is 20.4. The molecule has 1 saturated heterocycles. The van der Waals surface area contributed by atoms with Gasteiger partial charge in [-0.3, -0.25) is 9.59 Å². The highest BCUT2D eigenvalue weighted by atomic mass is 32.2. The van der Waals surface area contributed by atoms with Crippen LogP contribution in [0.5, 0.6) is 0 Å². The summed E-state index contributed by atoms with van der Waals surface area (Å²) in [7, 11) is -3.56. The molecule has 1 aliphatic heterocycles. The van der Waals surface area contributed by atoms with Crippen molar-refractivity contribution in [2.75, 3.05) is 36.1 Å². The molecule has 0 aliphatic carbocycles. The molecule has 1 atom stereocenters. The molecule has 2 aromatic rings. The topological polar surface area (TPSA) is 99.7 Å². The number of nitrogens with one attached hydrogen (secondary N) is 1. The number of carbonyl (C=O) groups is 2. The molecule has 8 nitrogen and oxygen atoms in total. The van der Waals surface area contributed by atoms with Crippen LogP contribution in [0.4, 0.5) is 10.8 Å². The number of nitrogens with zero attached hydrogens (tertiary/aromatic N) is 3. The molecule has 0 bridgehead atoms. The van der Waals surface area contributed by atoms with Crippen molar-refractivity contribution in [2.45, 2.75) is 36.3 Å². The fraction of sp³-hybridized carbons (Fsp3) is 0.450. The van der Waals surface area contributed by atoms with E-state index in [9.17, 15) is 18.0 Å². The first kappa shape index (κ1) is 23.7. The van der Waals surface area contributed by atoms with Gasteiger partial charge in [-0.1, -0.05) is 25.2 Å². The fourth-order valence-electron chi connectivity index (χ4n) is 3.48. The Morgan fingerprint density at radius 2 is 1.94 bits per heavy atom. The second-order valence-corrected chi connectivity index (χ2v) is 11.1. The number of rotatable bonds is 8. The van der Waals surface area contributed by atoms with Crippen LogP contribution >= 0.6 is 23.1 Å². The van der Waals surface area contributed by atoms with Gasteiger partial charge >= 0.3 is 0 Å². The molecule has 1 fully saturated rings. The van der Waals surface area contributed by atoms with Crippen molar-refractivity contribution in [2.24, 2.45) is 5.92 Å². The van der Waals surface area contributed by atoms with E-state index in [0.29, 0.717) is 23.9 Å². The third-order valence-corrected chi connectivity index (χ3v) is 9.50. The number of hydrogen-bond acceptors (Lipinski definition) is 7. The monoisotopic (exact) mass is 482 g/mol. The largest absolute Gasteiger partial charge is 0.312 e. The standard InChI is InChI=1S/C20H26N4O4S3/c1-5-23(6-2)31(27,28)16-9-7-15(8-10-16)24-12-14(11-17(24)25)18(26)22-20-21-13(3)19(29-4)30-20/h7-10,14H,5-6,11-12H2,1-4H3,(H,21,22,26). The molecule has 1 unspecified atom stereocenters. The second-order valence-electron chi connectivity index (χ2n) is 7.07. The summed E-state index contributed by atoms with van der Waals surface area (Å²) in [4.78, 5) is 31.3. The third kappa shape index (κ3) is 4.94. The Balaban J connectivity index is 1.70. The van der Waals surface area contributed by atoms with Crippen molar-refractivity contribution >= 4 is 55.8 Å². The Bertz CT molecular complexity index is 1060. The summed E-state index contributed by atoms with van der Waals surface area (Å²) < 4.78 is 27.7. The fourth-order valence-corrected chi connectivity index (χ4v) is 6.55. The van der Waals surface area contributed by atoms with E-state index in [1.165, 1.54) is 32.7 Å². The van der Waals surface area contributed by atoms with Crippen molar-refractivity contribution in [3.63, 3.8) is 0 Å². The summed E-state index contributed by atoms with van der Waals surface area (Å²) >= 11 is 2.99. The summed E-state index contributed by atoms with van der Waals surface area (Å²) in [6.45, 7) is 6.49. The maximum atomic E-state index is 12.7. The van der Waals surface area contributed by atoms with Gasteiger partial charge in [0.05, 0.1) is 20.7 Å². The minimum absolute atomic E-state index is 0.102. The molecule has 0 spiro atoms. The number of thioether (sulfide) groups is 1. The van der Waals surface area contributed by atoms with Gasteiger partial charge in [0, 0.05) is 31.7 Å². The summed E-state index contributed by atoms with van der Waals surface area (Å²) in [5, 5.41) is 3.35. The first-order valence-electron chi connectivity index (χ1n) is 9.94. The van der Waals surface area contributed by atoms with Crippen LogP contribution in [0, 0.1) is 12.8 Å². The Kier molecular flexibility index (Phi) is 7.40. The number of aromatic nitrogens is 1. The molecule has 1 aromatic heterocycles. The number of anilines is 2. The van der Waals surface area contributed by atoms with E-state index in [4.69, 9.17) is 0 Å². The van der Waals surface area contributed by atoms with E-state index in [1.807, 2.05) is 13.2 Å². The highest BCUT2D eigenvalue weighted by Crippen LogP contribution is 2.32. The minimum Gasteiger partial charge on any atom is -0.312 e. The number of sulfonamides is 1. The van der Waals surface area contributed by atoms with Crippen LogP contribution in [0.3, 0.4) is 0 Å². The molecule has 11 heteroatoms. The van der Waals surface area contributed by atoms with Gasteiger partial charge in [0.1, 0.15) is 0 Å².